The molecule has 0 N–H and O–H groups in total. The maximum Gasteiger partial charge on any atom is 0.126 e. The van der Waals surface area contributed by atoms with Crippen LogP contribution >= 0.6 is 0 Å². The predicted octanol–water partition coefficient (Wildman–Crippen LogP) is 7.49. The fourth-order valence-electron chi connectivity index (χ4n) is 5.30. The number of halogens is 2. The number of hydrogen-bond acceptors (Lipinski definition) is 1. The van der Waals surface area contributed by atoms with Gasteiger partial charge in [0.2, 0.25) is 0 Å². The van der Waals surface area contributed by atoms with Gasteiger partial charge in [-0.1, -0.05) is 66.7 Å². The number of aryl methyl sites for hydroxylation is 1. The van der Waals surface area contributed by atoms with Crippen molar-refractivity contribution in [1.29, 1.82) is 0 Å². The zero-order valence-corrected chi connectivity index (χ0v) is 19.8. The summed E-state index contributed by atoms with van der Waals surface area (Å²) < 4.78 is 26.9. The molecule has 0 spiro atoms. The molecule has 174 valence electrons. The normalized spacial score (nSPS) is 16.1. The second kappa shape index (κ2) is 10.1. The number of nitrogens with zero attached hydrogens (tertiary/aromatic N) is 1. The van der Waals surface area contributed by atoms with Gasteiger partial charge in [0.05, 0.1) is 6.67 Å². The molecule has 3 aromatic rings. The Labute approximate surface area is 201 Å². The number of rotatable bonds is 6. The zero-order chi connectivity index (χ0) is 23.5. The van der Waals surface area contributed by atoms with Gasteiger partial charge in [0.1, 0.15) is 5.82 Å². The molecule has 0 amide bonds. The minimum Gasteiger partial charge on any atom is -0.295 e. The van der Waals surface area contributed by atoms with Crippen molar-refractivity contribution in [2.75, 3.05) is 26.3 Å². The predicted molar refractivity (Wildman–Crippen MR) is 138 cm³/mol. The molecule has 5 rings (SSSR count). The molecule has 0 radical (unpaired) electrons. The van der Waals surface area contributed by atoms with Crippen LogP contribution in [0.25, 0.3) is 17.2 Å². The lowest BCUT2D eigenvalue weighted by molar-refractivity contribution is 0.239. The lowest BCUT2D eigenvalue weighted by Gasteiger charge is -2.33. The second-order valence-corrected chi connectivity index (χ2v) is 9.45. The van der Waals surface area contributed by atoms with Gasteiger partial charge in [-0.3, -0.25) is 9.29 Å². The molecule has 2 aliphatic rings. The summed E-state index contributed by atoms with van der Waals surface area (Å²) in [5.41, 5.74) is 10.6. The van der Waals surface area contributed by atoms with Crippen LogP contribution in [0.1, 0.15) is 52.6 Å². The molecular weight excluding hydrogens is 424 g/mol. The Morgan fingerprint density at radius 3 is 2.44 bits per heavy atom. The highest BCUT2D eigenvalue weighted by atomic mass is 19.1. The summed E-state index contributed by atoms with van der Waals surface area (Å²) in [6, 6.07) is 22.9. The maximum atomic E-state index is 14.5. The van der Waals surface area contributed by atoms with E-state index in [1.54, 1.807) is 6.07 Å². The molecule has 0 atom stereocenters. The van der Waals surface area contributed by atoms with E-state index < -0.39 is 0 Å². The third-order valence-electron chi connectivity index (χ3n) is 7.09. The highest BCUT2D eigenvalue weighted by molar-refractivity contribution is 6.00. The molecule has 1 aliphatic carbocycles. The number of fused-ring (bicyclic) bond motifs is 1. The lowest BCUT2D eigenvalue weighted by Crippen LogP contribution is -2.40. The summed E-state index contributed by atoms with van der Waals surface area (Å²) in [6.07, 6.45) is 5.87. The van der Waals surface area contributed by atoms with Gasteiger partial charge in [-0.05, 0) is 88.8 Å². The van der Waals surface area contributed by atoms with E-state index in [0.29, 0.717) is 6.42 Å². The van der Waals surface area contributed by atoms with Crippen LogP contribution < -0.4 is 0 Å². The van der Waals surface area contributed by atoms with Gasteiger partial charge < -0.3 is 0 Å². The average molecular weight is 456 g/mol. The van der Waals surface area contributed by atoms with E-state index in [4.69, 9.17) is 0 Å². The van der Waals surface area contributed by atoms with Gasteiger partial charge in [0.25, 0.3) is 0 Å². The van der Waals surface area contributed by atoms with Gasteiger partial charge >= 0.3 is 0 Å². The molecule has 0 bridgehead atoms. The summed E-state index contributed by atoms with van der Waals surface area (Å²) in [6.45, 7) is 4.35. The summed E-state index contributed by atoms with van der Waals surface area (Å²) in [4.78, 5) is 2.28. The van der Waals surface area contributed by atoms with Gasteiger partial charge in [0.15, 0.2) is 0 Å². The Hall–Kier alpha value is -3.04. The van der Waals surface area contributed by atoms with Crippen molar-refractivity contribution >= 4 is 17.2 Å². The highest BCUT2D eigenvalue weighted by Gasteiger charge is 2.22. The number of benzene rings is 3. The molecule has 1 heterocycles. The molecule has 1 saturated heterocycles. The topological polar surface area (TPSA) is 3.24 Å². The van der Waals surface area contributed by atoms with Crippen LogP contribution in [0, 0.1) is 12.7 Å². The van der Waals surface area contributed by atoms with Crippen molar-refractivity contribution in [2.24, 2.45) is 0 Å². The highest BCUT2D eigenvalue weighted by Crippen LogP contribution is 2.41. The monoisotopic (exact) mass is 455 g/mol. The molecule has 0 saturated carbocycles. The smallest absolute Gasteiger partial charge is 0.126 e. The summed E-state index contributed by atoms with van der Waals surface area (Å²) in [5, 5.41) is 0. The van der Waals surface area contributed by atoms with E-state index in [2.05, 4.69) is 65.6 Å². The Bertz CT molecular complexity index is 1230. The minimum absolute atomic E-state index is 0.148. The average Bonchev–Trinajstić information content (AvgIpc) is 3.02. The van der Waals surface area contributed by atoms with Crippen molar-refractivity contribution in [1.82, 2.24) is 4.90 Å². The molecule has 34 heavy (non-hydrogen) atoms. The first-order valence-corrected chi connectivity index (χ1v) is 12.3. The number of allylic oxidation sites excluding steroid dienone is 1. The van der Waals surface area contributed by atoms with Crippen molar-refractivity contribution in [3.8, 4) is 0 Å². The largest absolute Gasteiger partial charge is 0.295 e. The van der Waals surface area contributed by atoms with Crippen molar-refractivity contribution in [3.63, 3.8) is 0 Å². The van der Waals surface area contributed by atoms with Crippen LogP contribution in [0.5, 0.6) is 0 Å². The molecule has 1 aliphatic heterocycles. The molecule has 0 unspecified atom stereocenters. The Kier molecular flexibility index (Phi) is 6.73. The van der Waals surface area contributed by atoms with Crippen LogP contribution in [0.15, 0.2) is 72.3 Å². The Morgan fingerprint density at radius 1 is 0.882 bits per heavy atom. The van der Waals surface area contributed by atoms with Crippen LogP contribution in [-0.4, -0.2) is 31.2 Å². The Morgan fingerprint density at radius 2 is 1.65 bits per heavy atom. The fraction of sp³-hybridized carbons (Fsp3) is 0.290. The first kappa shape index (κ1) is 22.7. The van der Waals surface area contributed by atoms with Gasteiger partial charge in [-0.2, -0.15) is 0 Å². The van der Waals surface area contributed by atoms with E-state index in [9.17, 15) is 8.78 Å². The van der Waals surface area contributed by atoms with Crippen molar-refractivity contribution in [3.05, 3.63) is 112 Å². The summed E-state index contributed by atoms with van der Waals surface area (Å²) in [5.74, 6) is -0.148. The SMILES string of the molecule is Cc1c(F)cccc1C1=C(c2ccc(C=C3CN(CCCF)C3)cc2)c2ccccc2CCC1. The molecule has 3 aromatic carbocycles. The molecular formula is C31H31F2N. The molecule has 3 heteroatoms. The first-order valence-electron chi connectivity index (χ1n) is 12.3. The van der Waals surface area contributed by atoms with Crippen LogP contribution in [0.4, 0.5) is 8.78 Å². The minimum atomic E-state index is -0.243. The van der Waals surface area contributed by atoms with Crippen LogP contribution in [-0.2, 0) is 6.42 Å². The summed E-state index contributed by atoms with van der Waals surface area (Å²) >= 11 is 0. The maximum absolute atomic E-state index is 14.5. The van der Waals surface area contributed by atoms with Crippen molar-refractivity contribution in [2.45, 2.75) is 32.6 Å². The second-order valence-electron chi connectivity index (χ2n) is 9.45. The van der Waals surface area contributed by atoms with E-state index in [-0.39, 0.29) is 12.5 Å². The van der Waals surface area contributed by atoms with E-state index in [0.717, 1.165) is 50.0 Å². The zero-order valence-electron chi connectivity index (χ0n) is 19.8. The van der Waals surface area contributed by atoms with Gasteiger partial charge in [-0.15, -0.1) is 0 Å². The molecule has 0 aromatic heterocycles. The fourth-order valence-corrected chi connectivity index (χ4v) is 5.30. The number of alkyl halides is 1. The standard InChI is InChI=1S/C31H31F2N/c1-22-27(10-5-12-30(22)33)29-11-4-8-25-7-2-3-9-28(25)31(29)26-15-13-23(14-16-26)19-24-20-34(21-24)18-6-17-32/h2-3,5,7,9-10,12-16,19H,4,6,8,11,17-18,20-21H2,1H3. The van der Waals surface area contributed by atoms with E-state index in [1.807, 2.05) is 13.0 Å². The van der Waals surface area contributed by atoms with Crippen LogP contribution in [0.2, 0.25) is 0 Å². The van der Waals surface area contributed by atoms with Crippen LogP contribution in [0.3, 0.4) is 0 Å². The van der Waals surface area contributed by atoms with Crippen molar-refractivity contribution < 1.29 is 8.78 Å². The molecule has 1 nitrogen and oxygen atoms in total. The first-order chi connectivity index (χ1) is 16.6. The number of likely N-dealkylation sites (tertiary alicyclic amines) is 1. The van der Waals surface area contributed by atoms with Gasteiger partial charge in [0, 0.05) is 19.6 Å². The third-order valence-corrected chi connectivity index (χ3v) is 7.09. The number of hydrogen-bond donors (Lipinski definition) is 0. The van der Waals surface area contributed by atoms with E-state index >= 15 is 0 Å². The molecule has 1 fully saturated rings. The van der Waals surface area contributed by atoms with Gasteiger partial charge in [-0.25, -0.2) is 4.39 Å². The quantitative estimate of drug-likeness (QED) is 0.372. The van der Waals surface area contributed by atoms with E-state index in [1.165, 1.54) is 39.0 Å². The summed E-state index contributed by atoms with van der Waals surface area (Å²) in [7, 11) is 0. The third kappa shape index (κ3) is 4.63. The lowest BCUT2D eigenvalue weighted by atomic mass is 9.86. The Balaban J connectivity index is 1.52.